The molecule has 1 atom stereocenters. The summed E-state index contributed by atoms with van der Waals surface area (Å²) in [6, 6.07) is 1.86. The van der Waals surface area contributed by atoms with E-state index in [9.17, 15) is 4.79 Å². The van der Waals surface area contributed by atoms with Gasteiger partial charge < -0.3 is 5.73 Å². The molecule has 1 aliphatic heterocycles. The third-order valence-corrected chi connectivity index (χ3v) is 2.64. The van der Waals surface area contributed by atoms with E-state index >= 15 is 0 Å². The van der Waals surface area contributed by atoms with Crippen LogP contribution in [-0.4, -0.2) is 28.7 Å². The van der Waals surface area contributed by atoms with Crippen molar-refractivity contribution in [3.8, 4) is 0 Å². The fraction of sp³-hybridized carbons (Fsp3) is 0.600. The van der Waals surface area contributed by atoms with Crippen LogP contribution in [0.3, 0.4) is 0 Å². The number of hydrogen-bond acceptors (Lipinski definition) is 3. The molecule has 0 spiro atoms. The molecule has 0 radical (unpaired) electrons. The normalized spacial score (nSPS) is 21.7. The molecule has 0 saturated carbocycles. The number of aromatic nitrogens is 2. The van der Waals surface area contributed by atoms with Crippen LogP contribution >= 0.6 is 0 Å². The fourth-order valence-electron chi connectivity index (χ4n) is 1.72. The first-order chi connectivity index (χ1) is 7.08. The van der Waals surface area contributed by atoms with Crippen molar-refractivity contribution in [3.63, 3.8) is 0 Å². The van der Waals surface area contributed by atoms with Crippen LogP contribution in [0.1, 0.15) is 31.9 Å². The second-order valence-corrected chi connectivity index (χ2v) is 4.30. The Bertz CT molecular complexity index is 371. The number of aromatic amines is 1. The maximum atomic E-state index is 11.6. The number of anilines is 1. The largest absolute Gasteiger partial charge is 0.326 e. The minimum atomic E-state index is -0.0586. The number of H-pyrrole nitrogens is 1. The molecule has 1 amide bonds. The number of nitrogens with zero attached hydrogens (tertiary/aromatic N) is 2. The van der Waals surface area contributed by atoms with Crippen molar-refractivity contribution in [1.82, 2.24) is 10.2 Å². The summed E-state index contributed by atoms with van der Waals surface area (Å²) >= 11 is 0. The Hall–Kier alpha value is -1.36. The van der Waals surface area contributed by atoms with Gasteiger partial charge in [-0.05, 0) is 5.92 Å². The summed E-state index contributed by atoms with van der Waals surface area (Å²) in [6.45, 7) is 4.73. The maximum absolute atomic E-state index is 11.6. The molecule has 0 aliphatic carbocycles. The second kappa shape index (κ2) is 3.66. The Labute approximate surface area is 88.6 Å². The molecule has 1 aromatic heterocycles. The first-order valence-electron chi connectivity index (χ1n) is 5.19. The fourth-order valence-corrected chi connectivity index (χ4v) is 1.72. The van der Waals surface area contributed by atoms with Gasteiger partial charge in [-0.25, -0.2) is 0 Å². The Morgan fingerprint density at radius 2 is 2.40 bits per heavy atom. The first kappa shape index (κ1) is 10.2. The summed E-state index contributed by atoms with van der Waals surface area (Å²) < 4.78 is 0. The number of carbonyl (C=O) groups excluding carboxylic acids is 1. The lowest BCUT2D eigenvalue weighted by Gasteiger charge is -2.11. The maximum Gasteiger partial charge on any atom is 0.229 e. The van der Waals surface area contributed by atoms with Crippen LogP contribution in [0.15, 0.2) is 6.07 Å². The van der Waals surface area contributed by atoms with Gasteiger partial charge in [-0.15, -0.1) is 0 Å². The number of hydrogen-bond donors (Lipinski definition) is 2. The van der Waals surface area contributed by atoms with Crippen molar-refractivity contribution in [2.24, 2.45) is 5.73 Å². The third-order valence-electron chi connectivity index (χ3n) is 2.64. The highest BCUT2D eigenvalue weighted by Crippen LogP contribution is 2.22. The predicted molar refractivity (Wildman–Crippen MR) is 57.6 cm³/mol. The molecule has 0 aromatic carbocycles. The molecule has 1 fully saturated rings. The highest BCUT2D eigenvalue weighted by atomic mass is 16.2. The third kappa shape index (κ3) is 1.87. The van der Waals surface area contributed by atoms with Gasteiger partial charge in [0.1, 0.15) is 0 Å². The van der Waals surface area contributed by atoms with Gasteiger partial charge in [-0.3, -0.25) is 14.8 Å². The average molecular weight is 208 g/mol. The summed E-state index contributed by atoms with van der Waals surface area (Å²) in [4.78, 5) is 13.2. The van der Waals surface area contributed by atoms with E-state index in [0.29, 0.717) is 24.7 Å². The number of carbonyl (C=O) groups is 1. The zero-order valence-corrected chi connectivity index (χ0v) is 9.03. The molecule has 82 valence electrons. The second-order valence-electron chi connectivity index (χ2n) is 4.30. The highest BCUT2D eigenvalue weighted by Gasteiger charge is 2.29. The van der Waals surface area contributed by atoms with Crippen LogP contribution in [0, 0.1) is 0 Å². The summed E-state index contributed by atoms with van der Waals surface area (Å²) in [7, 11) is 0. The Balaban J connectivity index is 2.19. The van der Waals surface area contributed by atoms with Gasteiger partial charge in [-0.2, -0.15) is 5.10 Å². The lowest BCUT2D eigenvalue weighted by atomic mass is 10.1. The van der Waals surface area contributed by atoms with Crippen LogP contribution in [0.4, 0.5) is 5.82 Å². The van der Waals surface area contributed by atoms with Crippen molar-refractivity contribution in [2.45, 2.75) is 32.2 Å². The van der Waals surface area contributed by atoms with Gasteiger partial charge in [-0.1, -0.05) is 13.8 Å². The number of nitrogens with two attached hydrogens (primary N) is 1. The van der Waals surface area contributed by atoms with Gasteiger partial charge in [0.15, 0.2) is 5.82 Å². The molecule has 2 heterocycles. The minimum Gasteiger partial charge on any atom is -0.326 e. The van der Waals surface area contributed by atoms with E-state index in [1.165, 1.54) is 0 Å². The standard InChI is InChI=1S/C10H16N4O/c1-6(2)8-4-9(13-12-8)14-5-7(11)3-10(14)15/h4,6-7H,3,5,11H2,1-2H3,(H,12,13). The minimum absolute atomic E-state index is 0.0586. The van der Waals surface area contributed by atoms with E-state index in [1.54, 1.807) is 4.90 Å². The first-order valence-corrected chi connectivity index (χ1v) is 5.19. The van der Waals surface area contributed by atoms with Crippen molar-refractivity contribution in [3.05, 3.63) is 11.8 Å². The van der Waals surface area contributed by atoms with E-state index in [-0.39, 0.29) is 11.9 Å². The van der Waals surface area contributed by atoms with Gasteiger partial charge in [0, 0.05) is 30.8 Å². The quantitative estimate of drug-likeness (QED) is 0.747. The molecule has 2 rings (SSSR count). The molecule has 1 saturated heterocycles. The van der Waals surface area contributed by atoms with E-state index in [2.05, 4.69) is 24.0 Å². The summed E-state index contributed by atoms with van der Waals surface area (Å²) in [5.41, 5.74) is 6.76. The van der Waals surface area contributed by atoms with E-state index in [0.717, 1.165) is 5.69 Å². The smallest absolute Gasteiger partial charge is 0.229 e. The Morgan fingerprint density at radius 1 is 1.67 bits per heavy atom. The van der Waals surface area contributed by atoms with E-state index in [1.807, 2.05) is 6.07 Å². The van der Waals surface area contributed by atoms with Crippen LogP contribution < -0.4 is 10.6 Å². The van der Waals surface area contributed by atoms with Crippen LogP contribution in [-0.2, 0) is 4.79 Å². The number of amides is 1. The van der Waals surface area contributed by atoms with Crippen molar-refractivity contribution in [1.29, 1.82) is 0 Å². The highest BCUT2D eigenvalue weighted by molar-refractivity contribution is 5.95. The predicted octanol–water partition coefficient (Wildman–Crippen LogP) is 0.597. The Morgan fingerprint density at radius 3 is 2.87 bits per heavy atom. The van der Waals surface area contributed by atoms with Crippen molar-refractivity contribution < 1.29 is 4.79 Å². The zero-order chi connectivity index (χ0) is 11.0. The van der Waals surface area contributed by atoms with Crippen LogP contribution in [0.5, 0.6) is 0 Å². The van der Waals surface area contributed by atoms with Crippen molar-refractivity contribution >= 4 is 11.7 Å². The topological polar surface area (TPSA) is 75.0 Å². The average Bonchev–Trinajstić information content (AvgIpc) is 2.71. The zero-order valence-electron chi connectivity index (χ0n) is 9.03. The SMILES string of the molecule is CC(C)c1cc(N2CC(N)CC2=O)n[nH]1. The van der Waals surface area contributed by atoms with Crippen LogP contribution in [0.25, 0.3) is 0 Å². The molecule has 0 bridgehead atoms. The van der Waals surface area contributed by atoms with Crippen LogP contribution in [0.2, 0.25) is 0 Å². The van der Waals surface area contributed by atoms with Gasteiger partial charge in [0.2, 0.25) is 5.91 Å². The molecular formula is C10H16N4O. The molecule has 1 aliphatic rings. The number of nitrogens with one attached hydrogen (secondary N) is 1. The molecule has 15 heavy (non-hydrogen) atoms. The van der Waals surface area contributed by atoms with Crippen molar-refractivity contribution in [2.75, 3.05) is 11.4 Å². The Kier molecular flexibility index (Phi) is 2.48. The molecule has 3 N–H and O–H groups in total. The molecule has 1 aromatic rings. The van der Waals surface area contributed by atoms with E-state index in [4.69, 9.17) is 5.73 Å². The molecular weight excluding hydrogens is 192 g/mol. The summed E-state index contributed by atoms with van der Waals surface area (Å²) in [6.07, 6.45) is 0.421. The van der Waals surface area contributed by atoms with Gasteiger partial charge in [0.25, 0.3) is 0 Å². The summed E-state index contributed by atoms with van der Waals surface area (Å²) in [5, 5.41) is 7.06. The number of rotatable bonds is 2. The van der Waals surface area contributed by atoms with Gasteiger partial charge >= 0.3 is 0 Å². The lowest BCUT2D eigenvalue weighted by Crippen LogP contribution is -2.28. The molecule has 1 unspecified atom stereocenters. The van der Waals surface area contributed by atoms with E-state index < -0.39 is 0 Å². The molecule has 5 nitrogen and oxygen atoms in total. The molecule has 5 heteroatoms. The lowest BCUT2D eigenvalue weighted by molar-refractivity contribution is -0.117. The summed E-state index contributed by atoms with van der Waals surface area (Å²) in [5.74, 6) is 1.14. The monoisotopic (exact) mass is 208 g/mol. The van der Waals surface area contributed by atoms with Gasteiger partial charge in [0.05, 0.1) is 0 Å².